The summed E-state index contributed by atoms with van der Waals surface area (Å²) in [6.45, 7) is -1.10. The average Bonchev–Trinajstić information content (AvgIpc) is 2.09. The van der Waals surface area contributed by atoms with Crippen molar-refractivity contribution in [2.75, 3.05) is 6.61 Å². The minimum Gasteiger partial charge on any atom is -0.368 e. The SMILES string of the molecule is FC(F)(F)COC1CCCCCCC1I. The summed E-state index contributed by atoms with van der Waals surface area (Å²) in [5.41, 5.74) is 0. The Morgan fingerprint density at radius 2 is 1.67 bits per heavy atom. The molecule has 1 rings (SSSR count). The lowest BCUT2D eigenvalue weighted by atomic mass is 9.98. The topological polar surface area (TPSA) is 9.23 Å². The Bertz CT molecular complexity index is 184. The summed E-state index contributed by atoms with van der Waals surface area (Å²) in [7, 11) is 0. The van der Waals surface area contributed by atoms with Crippen molar-refractivity contribution in [1.82, 2.24) is 0 Å². The smallest absolute Gasteiger partial charge is 0.368 e. The van der Waals surface area contributed by atoms with Gasteiger partial charge in [-0.05, 0) is 12.8 Å². The first-order valence-electron chi connectivity index (χ1n) is 5.31. The number of rotatable bonds is 2. The Morgan fingerprint density at radius 1 is 1.07 bits per heavy atom. The van der Waals surface area contributed by atoms with Crippen LogP contribution in [0.15, 0.2) is 0 Å². The lowest BCUT2D eigenvalue weighted by molar-refractivity contribution is -0.185. The highest BCUT2D eigenvalue weighted by molar-refractivity contribution is 14.1. The molecule has 2 atom stereocenters. The van der Waals surface area contributed by atoms with Crippen LogP contribution in [0.25, 0.3) is 0 Å². The molecule has 5 heteroatoms. The van der Waals surface area contributed by atoms with Gasteiger partial charge in [-0.1, -0.05) is 48.3 Å². The molecular weight excluding hydrogens is 320 g/mol. The number of ether oxygens (including phenoxy) is 1. The maximum atomic E-state index is 12.0. The van der Waals surface area contributed by atoms with E-state index in [9.17, 15) is 13.2 Å². The van der Waals surface area contributed by atoms with Gasteiger partial charge in [-0.15, -0.1) is 0 Å². The highest BCUT2D eigenvalue weighted by Gasteiger charge is 2.31. The van der Waals surface area contributed by atoms with E-state index < -0.39 is 12.8 Å². The first kappa shape index (κ1) is 13.5. The molecule has 0 aliphatic heterocycles. The van der Waals surface area contributed by atoms with Crippen molar-refractivity contribution < 1.29 is 17.9 Å². The second-order valence-corrected chi connectivity index (χ2v) is 5.57. The minimum atomic E-state index is -4.20. The van der Waals surface area contributed by atoms with Crippen molar-refractivity contribution in [2.45, 2.75) is 54.7 Å². The normalized spacial score (nSPS) is 29.6. The third-order valence-corrected chi connectivity index (χ3v) is 4.01. The number of halogens is 4. The van der Waals surface area contributed by atoms with Crippen molar-refractivity contribution in [3.63, 3.8) is 0 Å². The fraction of sp³-hybridized carbons (Fsp3) is 1.00. The van der Waals surface area contributed by atoms with Crippen molar-refractivity contribution in [3.05, 3.63) is 0 Å². The van der Waals surface area contributed by atoms with E-state index >= 15 is 0 Å². The van der Waals surface area contributed by atoms with Crippen LogP contribution in [-0.2, 0) is 4.74 Å². The minimum absolute atomic E-state index is 0.215. The molecule has 0 heterocycles. The molecule has 90 valence electrons. The van der Waals surface area contributed by atoms with Crippen LogP contribution >= 0.6 is 22.6 Å². The van der Waals surface area contributed by atoms with Gasteiger partial charge < -0.3 is 4.74 Å². The zero-order chi connectivity index (χ0) is 11.3. The van der Waals surface area contributed by atoms with E-state index in [-0.39, 0.29) is 10.0 Å². The van der Waals surface area contributed by atoms with Crippen LogP contribution in [0.1, 0.15) is 38.5 Å². The monoisotopic (exact) mass is 336 g/mol. The summed E-state index contributed by atoms with van der Waals surface area (Å²) >= 11 is 2.22. The van der Waals surface area contributed by atoms with Gasteiger partial charge in [-0.25, -0.2) is 0 Å². The van der Waals surface area contributed by atoms with E-state index in [0.29, 0.717) is 0 Å². The second kappa shape index (κ2) is 6.27. The standard InChI is InChI=1S/C10H16F3IO/c11-10(12,13)7-15-9-6-4-2-1-3-5-8(9)14/h8-9H,1-7H2. The van der Waals surface area contributed by atoms with E-state index in [1.165, 1.54) is 6.42 Å². The third kappa shape index (κ3) is 5.94. The van der Waals surface area contributed by atoms with Crippen LogP contribution in [0.2, 0.25) is 0 Å². The van der Waals surface area contributed by atoms with Gasteiger partial charge in [-0.3, -0.25) is 0 Å². The molecule has 1 aliphatic carbocycles. The molecule has 1 aliphatic rings. The van der Waals surface area contributed by atoms with Gasteiger partial charge in [0, 0.05) is 3.92 Å². The molecule has 15 heavy (non-hydrogen) atoms. The predicted molar refractivity (Wildman–Crippen MR) is 61.3 cm³/mol. The Morgan fingerprint density at radius 3 is 2.27 bits per heavy atom. The lowest BCUT2D eigenvalue weighted by Crippen LogP contribution is -2.30. The number of hydrogen-bond donors (Lipinski definition) is 0. The summed E-state index contributed by atoms with van der Waals surface area (Å²) in [6, 6.07) is 0. The van der Waals surface area contributed by atoms with Crippen LogP contribution < -0.4 is 0 Å². The fourth-order valence-electron chi connectivity index (χ4n) is 1.79. The maximum Gasteiger partial charge on any atom is 0.411 e. The van der Waals surface area contributed by atoms with Crippen LogP contribution in [0.3, 0.4) is 0 Å². The molecule has 1 saturated carbocycles. The van der Waals surface area contributed by atoms with Gasteiger partial charge in [0.15, 0.2) is 0 Å². The first-order valence-corrected chi connectivity index (χ1v) is 6.56. The molecule has 0 aromatic rings. The zero-order valence-corrected chi connectivity index (χ0v) is 10.7. The van der Waals surface area contributed by atoms with Crippen molar-refractivity contribution in [3.8, 4) is 0 Å². The Hall–Kier alpha value is 0.480. The lowest BCUT2D eigenvalue weighted by Gasteiger charge is -2.25. The van der Waals surface area contributed by atoms with Crippen LogP contribution in [0, 0.1) is 0 Å². The maximum absolute atomic E-state index is 12.0. The second-order valence-electron chi connectivity index (χ2n) is 3.97. The Balaban J connectivity index is 2.35. The van der Waals surface area contributed by atoms with Crippen molar-refractivity contribution in [1.29, 1.82) is 0 Å². The van der Waals surface area contributed by atoms with Gasteiger partial charge in [0.2, 0.25) is 0 Å². The molecule has 1 nitrogen and oxygen atoms in total. The molecule has 2 unspecified atom stereocenters. The van der Waals surface area contributed by atoms with Crippen molar-refractivity contribution in [2.24, 2.45) is 0 Å². The summed E-state index contributed by atoms with van der Waals surface area (Å²) in [5, 5.41) is 0. The molecular formula is C10H16F3IO. The van der Waals surface area contributed by atoms with Gasteiger partial charge in [0.25, 0.3) is 0 Å². The number of hydrogen-bond acceptors (Lipinski definition) is 1. The average molecular weight is 336 g/mol. The van der Waals surface area contributed by atoms with E-state index in [0.717, 1.165) is 32.1 Å². The van der Waals surface area contributed by atoms with E-state index in [1.54, 1.807) is 0 Å². The molecule has 0 spiro atoms. The Labute approximate surface area is 102 Å². The molecule has 0 bridgehead atoms. The van der Waals surface area contributed by atoms with Gasteiger partial charge in [-0.2, -0.15) is 13.2 Å². The van der Waals surface area contributed by atoms with E-state index in [1.807, 2.05) is 0 Å². The van der Waals surface area contributed by atoms with E-state index in [2.05, 4.69) is 22.6 Å². The molecule has 0 aromatic carbocycles. The highest BCUT2D eigenvalue weighted by Crippen LogP contribution is 2.27. The van der Waals surface area contributed by atoms with Gasteiger partial charge in [0.05, 0.1) is 6.10 Å². The van der Waals surface area contributed by atoms with E-state index in [4.69, 9.17) is 4.74 Å². The molecule has 0 saturated heterocycles. The fourth-order valence-corrected chi connectivity index (χ4v) is 2.80. The van der Waals surface area contributed by atoms with Crippen molar-refractivity contribution >= 4 is 22.6 Å². The van der Waals surface area contributed by atoms with Crippen LogP contribution in [0.4, 0.5) is 13.2 Å². The molecule has 0 aromatic heterocycles. The molecule has 0 amide bonds. The van der Waals surface area contributed by atoms with Gasteiger partial charge in [0.1, 0.15) is 6.61 Å². The summed E-state index contributed by atoms with van der Waals surface area (Å²) in [5.74, 6) is 0. The largest absolute Gasteiger partial charge is 0.411 e. The Kier molecular flexibility index (Phi) is 5.66. The van der Waals surface area contributed by atoms with Crippen LogP contribution in [0.5, 0.6) is 0 Å². The quantitative estimate of drug-likeness (QED) is 0.545. The molecule has 0 radical (unpaired) electrons. The summed E-state index contributed by atoms with van der Waals surface area (Å²) < 4.78 is 41.2. The molecule has 1 fully saturated rings. The van der Waals surface area contributed by atoms with Gasteiger partial charge >= 0.3 is 6.18 Å². The third-order valence-electron chi connectivity index (χ3n) is 2.58. The van der Waals surface area contributed by atoms with Crippen LogP contribution in [-0.4, -0.2) is 22.8 Å². The highest BCUT2D eigenvalue weighted by atomic mass is 127. The summed E-state index contributed by atoms with van der Waals surface area (Å²) in [4.78, 5) is 0. The molecule has 0 N–H and O–H groups in total. The zero-order valence-electron chi connectivity index (χ0n) is 8.52. The first-order chi connectivity index (χ1) is 6.99. The summed E-state index contributed by atoms with van der Waals surface area (Å²) in [6.07, 6.45) is 1.75. The predicted octanol–water partition coefficient (Wildman–Crippen LogP) is 4.09. The number of alkyl halides is 4.